The van der Waals surface area contributed by atoms with E-state index in [4.69, 9.17) is 10.5 Å². The lowest BCUT2D eigenvalue weighted by molar-refractivity contribution is -0.132. The molecule has 0 aliphatic rings. The van der Waals surface area contributed by atoms with Gasteiger partial charge >= 0.3 is 0 Å². The fourth-order valence-electron chi connectivity index (χ4n) is 0.878. The number of ether oxygens (including phenoxy) is 1. The highest BCUT2D eigenvalue weighted by molar-refractivity contribution is 5.81. The summed E-state index contributed by atoms with van der Waals surface area (Å²) in [7, 11) is 3.35. The summed E-state index contributed by atoms with van der Waals surface area (Å²) in [6.45, 7) is 5.02. The second-order valence-electron chi connectivity index (χ2n) is 3.52. The summed E-state index contributed by atoms with van der Waals surface area (Å²) in [4.78, 5) is 13.1. The molecule has 0 aromatic carbocycles. The largest absolute Gasteiger partial charge is 0.383 e. The second kappa shape index (κ2) is 5.94. The highest BCUT2D eigenvalue weighted by atomic mass is 16.5. The van der Waals surface area contributed by atoms with Crippen molar-refractivity contribution in [1.82, 2.24) is 4.90 Å². The molecule has 0 spiro atoms. The topological polar surface area (TPSA) is 55.6 Å². The third kappa shape index (κ3) is 4.24. The fourth-order valence-corrected chi connectivity index (χ4v) is 0.878. The van der Waals surface area contributed by atoms with Crippen molar-refractivity contribution in [3.8, 4) is 0 Å². The van der Waals surface area contributed by atoms with Crippen LogP contribution in [0.1, 0.15) is 13.8 Å². The monoisotopic (exact) mass is 188 g/mol. The molecule has 0 fully saturated rings. The Morgan fingerprint density at radius 1 is 1.54 bits per heavy atom. The maximum atomic E-state index is 11.5. The minimum atomic E-state index is -0.401. The molecular weight excluding hydrogens is 168 g/mol. The van der Waals surface area contributed by atoms with Gasteiger partial charge in [0.2, 0.25) is 5.91 Å². The Labute approximate surface area is 80.0 Å². The van der Waals surface area contributed by atoms with E-state index >= 15 is 0 Å². The van der Waals surface area contributed by atoms with Gasteiger partial charge in [0.1, 0.15) is 0 Å². The number of likely N-dealkylation sites (N-methyl/N-ethyl adjacent to an activating group) is 1. The Bertz CT molecular complexity index is 160. The first-order valence-corrected chi connectivity index (χ1v) is 4.50. The molecule has 2 N–H and O–H groups in total. The number of carbonyl (C=O) groups excluding carboxylic acids is 1. The number of carbonyl (C=O) groups is 1. The molecule has 0 aliphatic carbocycles. The van der Waals surface area contributed by atoms with Crippen molar-refractivity contribution >= 4 is 5.91 Å². The van der Waals surface area contributed by atoms with Crippen LogP contribution in [0.5, 0.6) is 0 Å². The van der Waals surface area contributed by atoms with Gasteiger partial charge in [-0.1, -0.05) is 13.8 Å². The van der Waals surface area contributed by atoms with Crippen LogP contribution in [0, 0.1) is 5.92 Å². The van der Waals surface area contributed by atoms with Crippen molar-refractivity contribution in [3.63, 3.8) is 0 Å². The zero-order valence-electron chi connectivity index (χ0n) is 8.91. The Morgan fingerprint density at radius 3 is 2.46 bits per heavy atom. The van der Waals surface area contributed by atoms with Crippen molar-refractivity contribution in [1.29, 1.82) is 0 Å². The van der Waals surface area contributed by atoms with E-state index in [2.05, 4.69) is 0 Å². The molecule has 0 aromatic heterocycles. The Morgan fingerprint density at radius 2 is 2.08 bits per heavy atom. The minimum absolute atomic E-state index is 0.0212. The highest BCUT2D eigenvalue weighted by Crippen LogP contribution is 2.01. The molecule has 4 heteroatoms. The highest BCUT2D eigenvalue weighted by Gasteiger charge is 2.20. The standard InChI is InChI=1S/C9H20N2O2/c1-7(2)8(10)9(12)11(3)5-6-13-4/h7-8H,5-6,10H2,1-4H3/t8-/m1/s1. The molecule has 78 valence electrons. The number of nitrogens with zero attached hydrogens (tertiary/aromatic N) is 1. The van der Waals surface area contributed by atoms with Gasteiger partial charge in [-0.15, -0.1) is 0 Å². The lowest BCUT2D eigenvalue weighted by Gasteiger charge is -2.22. The molecule has 0 unspecified atom stereocenters. The average Bonchev–Trinajstić information content (AvgIpc) is 2.11. The number of amides is 1. The van der Waals surface area contributed by atoms with Gasteiger partial charge in [-0.2, -0.15) is 0 Å². The van der Waals surface area contributed by atoms with Crippen LogP contribution in [-0.2, 0) is 9.53 Å². The van der Waals surface area contributed by atoms with E-state index in [1.807, 2.05) is 13.8 Å². The van der Waals surface area contributed by atoms with Crippen molar-refractivity contribution in [2.75, 3.05) is 27.3 Å². The van der Waals surface area contributed by atoms with Gasteiger partial charge in [-0.05, 0) is 5.92 Å². The molecule has 0 bridgehead atoms. The van der Waals surface area contributed by atoms with E-state index in [-0.39, 0.29) is 11.8 Å². The van der Waals surface area contributed by atoms with Crippen molar-refractivity contribution < 1.29 is 9.53 Å². The molecule has 0 aliphatic heterocycles. The molecule has 0 saturated carbocycles. The average molecular weight is 188 g/mol. The number of hydrogen-bond acceptors (Lipinski definition) is 3. The van der Waals surface area contributed by atoms with Crippen molar-refractivity contribution in [2.45, 2.75) is 19.9 Å². The molecule has 0 saturated heterocycles. The molecule has 1 amide bonds. The first-order valence-electron chi connectivity index (χ1n) is 4.50. The zero-order valence-corrected chi connectivity index (χ0v) is 8.91. The van der Waals surface area contributed by atoms with E-state index in [1.54, 1.807) is 19.1 Å². The van der Waals surface area contributed by atoms with E-state index in [0.29, 0.717) is 13.2 Å². The summed E-state index contributed by atoms with van der Waals surface area (Å²) in [6, 6.07) is -0.401. The van der Waals surface area contributed by atoms with Crippen LogP contribution < -0.4 is 5.73 Å². The summed E-state index contributed by atoms with van der Waals surface area (Å²) >= 11 is 0. The normalized spacial score (nSPS) is 13.1. The number of methoxy groups -OCH3 is 1. The molecule has 4 nitrogen and oxygen atoms in total. The predicted molar refractivity (Wildman–Crippen MR) is 52.3 cm³/mol. The van der Waals surface area contributed by atoms with Gasteiger partial charge in [-0.3, -0.25) is 4.79 Å². The molecule has 0 rings (SSSR count). The van der Waals surface area contributed by atoms with Crippen LogP contribution >= 0.6 is 0 Å². The van der Waals surface area contributed by atoms with Crippen LogP contribution in [-0.4, -0.2) is 44.2 Å². The van der Waals surface area contributed by atoms with Crippen molar-refractivity contribution in [3.05, 3.63) is 0 Å². The van der Waals surface area contributed by atoms with Gasteiger partial charge in [0.25, 0.3) is 0 Å². The van der Waals surface area contributed by atoms with E-state index in [9.17, 15) is 4.79 Å². The smallest absolute Gasteiger partial charge is 0.239 e. The maximum absolute atomic E-state index is 11.5. The molecule has 0 aromatic rings. The maximum Gasteiger partial charge on any atom is 0.239 e. The van der Waals surface area contributed by atoms with Gasteiger partial charge in [-0.25, -0.2) is 0 Å². The lowest BCUT2D eigenvalue weighted by atomic mass is 10.0. The zero-order chi connectivity index (χ0) is 10.4. The second-order valence-corrected chi connectivity index (χ2v) is 3.52. The van der Waals surface area contributed by atoms with Crippen LogP contribution in [0.2, 0.25) is 0 Å². The molecule has 1 atom stereocenters. The fraction of sp³-hybridized carbons (Fsp3) is 0.889. The third-order valence-corrected chi connectivity index (χ3v) is 2.01. The molecule has 13 heavy (non-hydrogen) atoms. The first-order chi connectivity index (χ1) is 6.00. The molecule has 0 radical (unpaired) electrons. The van der Waals surface area contributed by atoms with Crippen molar-refractivity contribution in [2.24, 2.45) is 11.7 Å². The number of hydrogen-bond donors (Lipinski definition) is 1. The number of nitrogens with two attached hydrogens (primary N) is 1. The third-order valence-electron chi connectivity index (χ3n) is 2.01. The van der Waals surface area contributed by atoms with E-state index < -0.39 is 6.04 Å². The molecular formula is C9H20N2O2. The summed E-state index contributed by atoms with van der Waals surface area (Å²) in [5, 5.41) is 0. The first kappa shape index (κ1) is 12.4. The van der Waals surface area contributed by atoms with Gasteiger partial charge < -0.3 is 15.4 Å². The quantitative estimate of drug-likeness (QED) is 0.664. The number of rotatable bonds is 5. The minimum Gasteiger partial charge on any atom is -0.383 e. The summed E-state index contributed by atoms with van der Waals surface area (Å²) in [5.41, 5.74) is 5.70. The summed E-state index contributed by atoms with van der Waals surface area (Å²) < 4.78 is 4.87. The van der Waals surface area contributed by atoms with Crippen LogP contribution in [0.15, 0.2) is 0 Å². The van der Waals surface area contributed by atoms with E-state index in [0.717, 1.165) is 0 Å². The predicted octanol–water partition coefficient (Wildman–Crippen LogP) is 0.0745. The lowest BCUT2D eigenvalue weighted by Crippen LogP contribution is -2.45. The van der Waals surface area contributed by atoms with Crippen LogP contribution in [0.25, 0.3) is 0 Å². The van der Waals surface area contributed by atoms with Gasteiger partial charge in [0.15, 0.2) is 0 Å². The van der Waals surface area contributed by atoms with Crippen LogP contribution in [0.3, 0.4) is 0 Å². The summed E-state index contributed by atoms with van der Waals surface area (Å²) in [6.07, 6.45) is 0. The Kier molecular flexibility index (Phi) is 5.66. The van der Waals surface area contributed by atoms with Gasteiger partial charge in [0, 0.05) is 20.7 Å². The SMILES string of the molecule is COCCN(C)C(=O)[C@H](N)C(C)C. The van der Waals surface area contributed by atoms with Crippen LogP contribution in [0.4, 0.5) is 0 Å². The van der Waals surface area contributed by atoms with E-state index in [1.165, 1.54) is 0 Å². The Balaban J connectivity index is 3.94. The molecule has 0 heterocycles. The Hall–Kier alpha value is -0.610. The van der Waals surface area contributed by atoms with Gasteiger partial charge in [0.05, 0.1) is 12.6 Å². The summed E-state index contributed by atoms with van der Waals surface area (Å²) in [5.74, 6) is 0.157.